The summed E-state index contributed by atoms with van der Waals surface area (Å²) in [6, 6.07) is 6.29. The Balaban J connectivity index is 3.03. The molecule has 0 aliphatic heterocycles. The first-order valence-electron chi connectivity index (χ1n) is 5.58. The van der Waals surface area contributed by atoms with Gasteiger partial charge in [-0.05, 0) is 38.2 Å². The molecule has 17 heavy (non-hydrogen) atoms. The first-order valence-corrected chi connectivity index (χ1v) is 6.11. The summed E-state index contributed by atoms with van der Waals surface area (Å²) >= 11 is 5.84. The summed E-state index contributed by atoms with van der Waals surface area (Å²) < 4.78 is 10.5. The van der Waals surface area contributed by atoms with Gasteiger partial charge in [0.1, 0.15) is 0 Å². The van der Waals surface area contributed by atoms with Crippen LogP contribution in [-0.4, -0.2) is 39.1 Å². The predicted octanol–water partition coefficient (Wildman–Crippen LogP) is 2.94. The Hall–Kier alpha value is -0.930. The van der Waals surface area contributed by atoms with E-state index >= 15 is 0 Å². The molecule has 4 heteroatoms. The van der Waals surface area contributed by atoms with Crippen molar-refractivity contribution in [2.45, 2.75) is 12.5 Å². The highest BCUT2D eigenvalue weighted by molar-refractivity contribution is 6.17. The second-order valence-electron chi connectivity index (χ2n) is 4.07. The third-order valence-electron chi connectivity index (χ3n) is 2.80. The number of nitrogens with zero attached hydrogens (tertiary/aromatic N) is 1. The molecule has 0 fully saturated rings. The van der Waals surface area contributed by atoms with Crippen molar-refractivity contribution in [3.63, 3.8) is 0 Å². The van der Waals surface area contributed by atoms with Gasteiger partial charge in [0.15, 0.2) is 11.5 Å². The number of rotatable bonds is 6. The van der Waals surface area contributed by atoms with Crippen molar-refractivity contribution < 1.29 is 9.47 Å². The SMILES string of the molecule is COc1ccc(C(CCCl)N(C)C)cc1OC. The lowest BCUT2D eigenvalue weighted by Gasteiger charge is -2.24. The van der Waals surface area contributed by atoms with Crippen molar-refractivity contribution in [2.24, 2.45) is 0 Å². The average Bonchev–Trinajstić information content (AvgIpc) is 2.34. The molecule has 1 aromatic rings. The van der Waals surface area contributed by atoms with Gasteiger partial charge in [-0.1, -0.05) is 6.07 Å². The summed E-state index contributed by atoms with van der Waals surface area (Å²) in [7, 11) is 7.38. The van der Waals surface area contributed by atoms with Crippen molar-refractivity contribution in [3.8, 4) is 11.5 Å². The highest BCUT2D eigenvalue weighted by atomic mass is 35.5. The Morgan fingerprint density at radius 3 is 2.29 bits per heavy atom. The summed E-state index contributed by atoms with van der Waals surface area (Å²) in [6.45, 7) is 0. The minimum absolute atomic E-state index is 0.298. The molecule has 96 valence electrons. The molecule has 0 radical (unpaired) electrons. The topological polar surface area (TPSA) is 21.7 Å². The summed E-state index contributed by atoms with van der Waals surface area (Å²) in [5, 5.41) is 0. The summed E-state index contributed by atoms with van der Waals surface area (Å²) in [5.74, 6) is 2.14. The molecule has 0 aliphatic rings. The van der Waals surface area contributed by atoms with Gasteiger partial charge in [-0.2, -0.15) is 0 Å². The Kier molecular flexibility index (Phi) is 5.59. The number of hydrogen-bond donors (Lipinski definition) is 0. The maximum Gasteiger partial charge on any atom is 0.161 e. The van der Waals surface area contributed by atoms with Gasteiger partial charge in [0, 0.05) is 11.9 Å². The molecule has 1 aromatic carbocycles. The van der Waals surface area contributed by atoms with E-state index in [1.165, 1.54) is 5.56 Å². The molecule has 1 atom stereocenters. The van der Waals surface area contributed by atoms with E-state index in [0.29, 0.717) is 11.9 Å². The molecule has 0 heterocycles. The number of benzene rings is 1. The summed E-state index contributed by atoms with van der Waals surface area (Å²) in [6.07, 6.45) is 0.907. The van der Waals surface area contributed by atoms with Gasteiger partial charge in [-0.3, -0.25) is 0 Å². The van der Waals surface area contributed by atoms with Gasteiger partial charge in [-0.25, -0.2) is 0 Å². The molecule has 1 rings (SSSR count). The number of ether oxygens (including phenoxy) is 2. The Labute approximate surface area is 108 Å². The molecule has 1 unspecified atom stereocenters. The lowest BCUT2D eigenvalue weighted by Crippen LogP contribution is -2.20. The van der Waals surface area contributed by atoms with Crippen LogP contribution in [0.15, 0.2) is 18.2 Å². The van der Waals surface area contributed by atoms with Crippen molar-refractivity contribution >= 4 is 11.6 Å². The Morgan fingerprint density at radius 1 is 1.18 bits per heavy atom. The van der Waals surface area contributed by atoms with Gasteiger partial charge in [0.2, 0.25) is 0 Å². The molecule has 0 N–H and O–H groups in total. The standard InChI is InChI=1S/C13H20ClNO2/c1-15(2)11(7-8-14)10-5-6-12(16-3)13(9-10)17-4/h5-6,9,11H,7-8H2,1-4H3. The van der Waals surface area contributed by atoms with Gasteiger partial charge < -0.3 is 14.4 Å². The van der Waals surface area contributed by atoms with Crippen molar-refractivity contribution in [3.05, 3.63) is 23.8 Å². The third-order valence-corrected chi connectivity index (χ3v) is 3.02. The van der Waals surface area contributed by atoms with E-state index in [-0.39, 0.29) is 0 Å². The second kappa shape index (κ2) is 6.72. The second-order valence-corrected chi connectivity index (χ2v) is 4.45. The molecule has 0 bridgehead atoms. The van der Waals surface area contributed by atoms with E-state index in [1.807, 2.05) is 26.2 Å². The number of methoxy groups -OCH3 is 2. The number of hydrogen-bond acceptors (Lipinski definition) is 3. The highest BCUT2D eigenvalue weighted by Gasteiger charge is 2.15. The van der Waals surface area contributed by atoms with Crippen LogP contribution < -0.4 is 9.47 Å². The summed E-state index contributed by atoms with van der Waals surface area (Å²) in [4.78, 5) is 2.16. The monoisotopic (exact) mass is 257 g/mol. The maximum atomic E-state index is 5.84. The van der Waals surface area contributed by atoms with Crippen LogP contribution >= 0.6 is 11.6 Å². The molecule has 3 nitrogen and oxygen atoms in total. The van der Waals surface area contributed by atoms with Crippen molar-refractivity contribution in [2.75, 3.05) is 34.2 Å². The van der Waals surface area contributed by atoms with E-state index in [2.05, 4.69) is 11.0 Å². The number of halogens is 1. The normalized spacial score (nSPS) is 12.6. The molecule has 0 aliphatic carbocycles. The first-order chi connectivity index (χ1) is 8.13. The molecular formula is C13H20ClNO2. The average molecular weight is 258 g/mol. The molecule has 0 saturated heterocycles. The van der Waals surface area contributed by atoms with Gasteiger partial charge in [0.25, 0.3) is 0 Å². The van der Waals surface area contributed by atoms with Crippen LogP contribution in [0.1, 0.15) is 18.0 Å². The fourth-order valence-corrected chi connectivity index (χ4v) is 2.09. The minimum Gasteiger partial charge on any atom is -0.493 e. The van der Waals surface area contributed by atoms with E-state index in [1.54, 1.807) is 14.2 Å². The fourth-order valence-electron chi connectivity index (χ4n) is 1.89. The molecule has 0 saturated carbocycles. The zero-order valence-electron chi connectivity index (χ0n) is 10.9. The van der Waals surface area contributed by atoms with Gasteiger partial charge in [-0.15, -0.1) is 11.6 Å². The Bertz CT molecular complexity index is 355. The van der Waals surface area contributed by atoms with E-state index in [9.17, 15) is 0 Å². The van der Waals surface area contributed by atoms with Crippen molar-refractivity contribution in [1.82, 2.24) is 4.90 Å². The van der Waals surface area contributed by atoms with Crippen LogP contribution in [0.2, 0.25) is 0 Å². The zero-order chi connectivity index (χ0) is 12.8. The van der Waals surface area contributed by atoms with Gasteiger partial charge in [0.05, 0.1) is 14.2 Å². The first kappa shape index (κ1) is 14.1. The largest absolute Gasteiger partial charge is 0.493 e. The molecule has 0 spiro atoms. The smallest absolute Gasteiger partial charge is 0.161 e. The lowest BCUT2D eigenvalue weighted by atomic mass is 10.0. The maximum absolute atomic E-state index is 5.84. The van der Waals surface area contributed by atoms with Crippen LogP contribution in [0.5, 0.6) is 11.5 Å². The lowest BCUT2D eigenvalue weighted by molar-refractivity contribution is 0.291. The van der Waals surface area contributed by atoms with Crippen LogP contribution in [0.3, 0.4) is 0 Å². The minimum atomic E-state index is 0.298. The highest BCUT2D eigenvalue weighted by Crippen LogP contribution is 2.32. The van der Waals surface area contributed by atoms with E-state index in [0.717, 1.165) is 17.9 Å². The summed E-state index contributed by atoms with van der Waals surface area (Å²) in [5.41, 5.74) is 1.19. The molecular weight excluding hydrogens is 238 g/mol. The predicted molar refractivity (Wildman–Crippen MR) is 71.3 cm³/mol. The zero-order valence-corrected chi connectivity index (χ0v) is 11.6. The quantitative estimate of drug-likeness (QED) is 0.732. The number of alkyl halides is 1. The molecule has 0 aromatic heterocycles. The Morgan fingerprint density at radius 2 is 1.82 bits per heavy atom. The van der Waals surface area contributed by atoms with Gasteiger partial charge >= 0.3 is 0 Å². The van der Waals surface area contributed by atoms with Crippen molar-refractivity contribution in [1.29, 1.82) is 0 Å². The van der Waals surface area contributed by atoms with Crippen LogP contribution in [-0.2, 0) is 0 Å². The van der Waals surface area contributed by atoms with E-state index < -0.39 is 0 Å². The van der Waals surface area contributed by atoms with Crippen LogP contribution in [0.4, 0.5) is 0 Å². The molecule has 0 amide bonds. The van der Waals surface area contributed by atoms with E-state index in [4.69, 9.17) is 21.1 Å². The van der Waals surface area contributed by atoms with Crippen LogP contribution in [0.25, 0.3) is 0 Å². The third kappa shape index (κ3) is 3.51. The van der Waals surface area contributed by atoms with Crippen LogP contribution in [0, 0.1) is 0 Å². The fraction of sp³-hybridized carbons (Fsp3) is 0.538.